The highest BCUT2D eigenvalue weighted by molar-refractivity contribution is 7.89. The third-order valence-electron chi connectivity index (χ3n) is 6.55. The fraction of sp³-hybridized carbons (Fsp3) is 0.296. The lowest BCUT2D eigenvalue weighted by Crippen LogP contribution is -2.47. The van der Waals surface area contributed by atoms with Gasteiger partial charge in [0.25, 0.3) is 0 Å². The number of carbonyl (C=O) groups excluding carboxylic acids is 1. The van der Waals surface area contributed by atoms with Crippen LogP contribution >= 0.6 is 11.6 Å². The van der Waals surface area contributed by atoms with E-state index in [2.05, 4.69) is 14.9 Å². The lowest BCUT2D eigenvalue weighted by Gasteiger charge is -2.31. The number of sulfonamides is 2. The SMILES string of the molecule is COc1ccc(S(=O)(=O)N[C@@H](Cc2ccccc2)C(=O)Nc2ccc(S(=O)(=O)N3CCN(C)CC3)cc2)cc1Cl. The van der Waals surface area contributed by atoms with E-state index >= 15 is 0 Å². The number of ether oxygens (including phenoxy) is 1. The zero-order chi connectivity index (χ0) is 28.9. The topological polar surface area (TPSA) is 125 Å². The zero-order valence-corrected chi connectivity index (χ0v) is 24.5. The molecule has 40 heavy (non-hydrogen) atoms. The van der Waals surface area contributed by atoms with E-state index in [0.717, 1.165) is 5.56 Å². The summed E-state index contributed by atoms with van der Waals surface area (Å²) in [5.41, 5.74) is 1.07. The molecule has 0 aromatic heterocycles. The van der Waals surface area contributed by atoms with Crippen molar-refractivity contribution in [1.82, 2.24) is 13.9 Å². The van der Waals surface area contributed by atoms with E-state index in [1.807, 2.05) is 13.1 Å². The van der Waals surface area contributed by atoms with Crippen molar-refractivity contribution >= 4 is 43.2 Å². The molecule has 0 saturated carbocycles. The van der Waals surface area contributed by atoms with Gasteiger partial charge in [-0.15, -0.1) is 0 Å². The van der Waals surface area contributed by atoms with E-state index in [-0.39, 0.29) is 21.2 Å². The molecule has 1 saturated heterocycles. The molecule has 214 valence electrons. The Balaban J connectivity index is 1.53. The van der Waals surface area contributed by atoms with E-state index in [0.29, 0.717) is 37.6 Å². The number of nitrogens with zero attached hydrogens (tertiary/aromatic N) is 2. The number of nitrogens with one attached hydrogen (secondary N) is 2. The smallest absolute Gasteiger partial charge is 0.243 e. The number of likely N-dealkylation sites (N-methyl/N-ethyl adjacent to an activating group) is 1. The van der Waals surface area contributed by atoms with Gasteiger partial charge in [0.2, 0.25) is 26.0 Å². The summed E-state index contributed by atoms with van der Waals surface area (Å²) in [7, 11) is -4.45. The highest BCUT2D eigenvalue weighted by Gasteiger charge is 2.29. The molecule has 1 heterocycles. The van der Waals surface area contributed by atoms with E-state index < -0.39 is 32.0 Å². The van der Waals surface area contributed by atoms with Gasteiger partial charge < -0.3 is 15.0 Å². The first-order chi connectivity index (χ1) is 19.0. The Hall–Kier alpha value is -3.00. The van der Waals surface area contributed by atoms with E-state index in [1.54, 1.807) is 24.3 Å². The summed E-state index contributed by atoms with van der Waals surface area (Å²) in [4.78, 5) is 15.4. The van der Waals surface area contributed by atoms with Crippen LogP contribution in [0.2, 0.25) is 5.02 Å². The van der Waals surface area contributed by atoms with Gasteiger partial charge in [-0.1, -0.05) is 41.9 Å². The van der Waals surface area contributed by atoms with E-state index in [4.69, 9.17) is 16.3 Å². The van der Waals surface area contributed by atoms with Gasteiger partial charge in [0, 0.05) is 31.9 Å². The van der Waals surface area contributed by atoms with Crippen LogP contribution in [0.4, 0.5) is 5.69 Å². The molecule has 3 aromatic carbocycles. The van der Waals surface area contributed by atoms with Gasteiger partial charge >= 0.3 is 0 Å². The maximum Gasteiger partial charge on any atom is 0.243 e. The van der Waals surface area contributed by atoms with Gasteiger partial charge in [-0.25, -0.2) is 16.8 Å². The van der Waals surface area contributed by atoms with Crippen LogP contribution in [0, 0.1) is 0 Å². The van der Waals surface area contributed by atoms with Crippen LogP contribution in [0.5, 0.6) is 5.75 Å². The summed E-state index contributed by atoms with van der Waals surface area (Å²) in [5, 5.41) is 2.81. The van der Waals surface area contributed by atoms with Crippen molar-refractivity contribution in [2.45, 2.75) is 22.3 Å². The first-order valence-electron chi connectivity index (χ1n) is 12.5. The average Bonchev–Trinajstić information content (AvgIpc) is 2.93. The molecule has 0 aliphatic carbocycles. The molecule has 1 aliphatic heterocycles. The largest absolute Gasteiger partial charge is 0.495 e. The quantitative estimate of drug-likeness (QED) is 0.364. The summed E-state index contributed by atoms with van der Waals surface area (Å²) in [6, 6.07) is 17.7. The molecule has 2 N–H and O–H groups in total. The van der Waals surface area contributed by atoms with Gasteiger partial charge in [-0.05, 0) is 61.5 Å². The molecule has 1 aliphatic rings. The normalized spacial score (nSPS) is 15.9. The first-order valence-corrected chi connectivity index (χ1v) is 15.8. The van der Waals surface area contributed by atoms with Crippen LogP contribution in [0.15, 0.2) is 82.6 Å². The summed E-state index contributed by atoms with van der Waals surface area (Å²) in [6.45, 7) is 2.10. The maximum absolute atomic E-state index is 13.3. The predicted molar refractivity (Wildman–Crippen MR) is 154 cm³/mol. The number of piperazine rings is 1. The first kappa shape index (κ1) is 30.0. The van der Waals surface area contributed by atoms with Gasteiger partial charge in [-0.3, -0.25) is 4.79 Å². The second-order valence-electron chi connectivity index (χ2n) is 9.38. The van der Waals surface area contributed by atoms with Gasteiger partial charge in [0.15, 0.2) is 0 Å². The van der Waals surface area contributed by atoms with Gasteiger partial charge in [-0.2, -0.15) is 9.03 Å². The van der Waals surface area contributed by atoms with E-state index in [9.17, 15) is 21.6 Å². The van der Waals surface area contributed by atoms with Crippen molar-refractivity contribution in [3.05, 3.63) is 83.4 Å². The number of anilines is 1. The Morgan fingerprint density at radius 2 is 1.55 bits per heavy atom. The highest BCUT2D eigenvalue weighted by Crippen LogP contribution is 2.27. The van der Waals surface area contributed by atoms with Crippen molar-refractivity contribution in [3.8, 4) is 5.75 Å². The molecule has 13 heteroatoms. The minimum absolute atomic E-state index is 0.0751. The minimum Gasteiger partial charge on any atom is -0.495 e. The number of halogens is 1. The summed E-state index contributed by atoms with van der Waals surface area (Å²) in [6.07, 6.45) is 0.0751. The molecule has 0 spiro atoms. The Bertz CT molecular complexity index is 1540. The number of amides is 1. The molecule has 10 nitrogen and oxygen atoms in total. The van der Waals surface area contributed by atoms with Crippen molar-refractivity contribution < 1.29 is 26.4 Å². The van der Waals surface area contributed by atoms with Gasteiger partial charge in [0.05, 0.1) is 21.9 Å². The number of rotatable bonds is 10. The average molecular weight is 607 g/mol. The Labute approximate surface area is 240 Å². The van der Waals surface area contributed by atoms with Crippen molar-refractivity contribution in [3.63, 3.8) is 0 Å². The van der Waals surface area contributed by atoms with Crippen LogP contribution < -0.4 is 14.8 Å². The molecular formula is C27H31ClN4O6S2. The Morgan fingerprint density at radius 3 is 2.15 bits per heavy atom. The molecule has 0 unspecified atom stereocenters. The molecule has 0 radical (unpaired) electrons. The second kappa shape index (κ2) is 12.7. The maximum atomic E-state index is 13.3. The van der Waals surface area contributed by atoms with Crippen LogP contribution in [0.3, 0.4) is 0 Å². The fourth-order valence-corrected chi connectivity index (χ4v) is 7.19. The summed E-state index contributed by atoms with van der Waals surface area (Å²) < 4.78 is 61.5. The lowest BCUT2D eigenvalue weighted by molar-refractivity contribution is -0.117. The molecule has 4 rings (SSSR count). The molecule has 1 amide bonds. The molecule has 0 bridgehead atoms. The Morgan fingerprint density at radius 1 is 0.925 bits per heavy atom. The van der Waals surface area contributed by atoms with Crippen LogP contribution in [-0.2, 0) is 31.3 Å². The number of methoxy groups -OCH3 is 1. The second-order valence-corrected chi connectivity index (χ2v) is 13.4. The lowest BCUT2D eigenvalue weighted by atomic mass is 10.1. The monoisotopic (exact) mass is 606 g/mol. The molecule has 3 aromatic rings. The predicted octanol–water partition coefficient (Wildman–Crippen LogP) is 2.81. The van der Waals surface area contributed by atoms with Crippen molar-refractivity contribution in [1.29, 1.82) is 0 Å². The Kier molecular flexibility index (Phi) is 9.49. The van der Waals surface area contributed by atoms with Crippen LogP contribution in [0.25, 0.3) is 0 Å². The van der Waals surface area contributed by atoms with Gasteiger partial charge in [0.1, 0.15) is 11.8 Å². The molecule has 1 fully saturated rings. The number of carbonyl (C=O) groups is 1. The molecule has 1 atom stereocenters. The molecular weight excluding hydrogens is 576 g/mol. The van der Waals surface area contributed by atoms with E-state index in [1.165, 1.54) is 53.9 Å². The number of hydrogen-bond donors (Lipinski definition) is 2. The summed E-state index contributed by atoms with van der Waals surface area (Å²) in [5.74, 6) is -0.293. The highest BCUT2D eigenvalue weighted by atomic mass is 35.5. The third kappa shape index (κ3) is 7.19. The zero-order valence-electron chi connectivity index (χ0n) is 22.1. The van der Waals surface area contributed by atoms with Crippen LogP contribution in [-0.4, -0.2) is 78.3 Å². The van der Waals surface area contributed by atoms with Crippen molar-refractivity contribution in [2.24, 2.45) is 0 Å². The van der Waals surface area contributed by atoms with Crippen molar-refractivity contribution in [2.75, 3.05) is 45.7 Å². The summed E-state index contributed by atoms with van der Waals surface area (Å²) >= 11 is 6.13. The van der Waals surface area contributed by atoms with Crippen LogP contribution in [0.1, 0.15) is 5.56 Å². The third-order valence-corrected chi connectivity index (χ3v) is 10.2. The number of hydrogen-bond acceptors (Lipinski definition) is 7. The standard InChI is InChI=1S/C27H31ClN4O6S2/c1-31-14-16-32(17-15-31)40(36,37)22-10-8-21(9-11-22)29-27(33)25(18-20-6-4-3-5-7-20)30-39(34,35)23-12-13-26(38-2)24(28)19-23/h3-13,19,25,30H,14-18H2,1-2H3,(H,29,33)/t25-/m0/s1. The number of benzene rings is 3. The fourth-order valence-electron chi connectivity index (χ4n) is 4.22. The minimum atomic E-state index is -4.15.